The van der Waals surface area contributed by atoms with Gasteiger partial charge in [-0.15, -0.1) is 0 Å². The van der Waals surface area contributed by atoms with Gasteiger partial charge in [-0.25, -0.2) is 0 Å². The van der Waals surface area contributed by atoms with Gasteiger partial charge in [-0.3, -0.25) is 33.6 Å². The number of aryl methyl sites for hydroxylation is 1. The summed E-state index contributed by atoms with van der Waals surface area (Å²) in [6.07, 6.45) is 26.2. The van der Waals surface area contributed by atoms with Crippen molar-refractivity contribution in [2.75, 3.05) is 19.8 Å². The molecule has 2 saturated heterocycles. The second-order valence-electron chi connectivity index (χ2n) is 39.8. The van der Waals surface area contributed by atoms with E-state index in [1.165, 1.54) is 0 Å². The number of benzene rings is 5. The fourth-order valence-corrected chi connectivity index (χ4v) is 27.7. The maximum Gasteiger partial charge on any atom is 0.310 e. The molecule has 1 aromatic heterocycles. The molecular weight excluding hydrogens is 1570 g/mol. The van der Waals surface area contributed by atoms with Crippen molar-refractivity contribution in [3.8, 4) is 23.0 Å². The van der Waals surface area contributed by atoms with Crippen LogP contribution in [0, 0.1) is 85.8 Å². The second-order valence-corrected chi connectivity index (χ2v) is 39.8. The molecule has 0 radical (unpaired) electrons. The van der Waals surface area contributed by atoms with E-state index < -0.39 is 93.8 Å². The first-order valence-electron chi connectivity index (χ1n) is 45.5. The van der Waals surface area contributed by atoms with Crippen LogP contribution in [0.3, 0.4) is 0 Å². The minimum absolute atomic E-state index is 0.00744. The molecule has 12 aliphatic carbocycles. The molecule has 124 heavy (non-hydrogen) atoms. The van der Waals surface area contributed by atoms with Crippen molar-refractivity contribution in [2.45, 2.75) is 231 Å². The molecule has 5 aromatic carbocycles. The Morgan fingerprint density at radius 2 is 0.935 bits per heavy atom. The molecule has 20 heteroatoms. The SMILES string of the molecule is CCC[C@H]1O[C@@H]2CC3C4CCC5=CC(=O)C=CC5(C)C4[C@@H](O)CC3(C)[C@]2(C(=O)COc2ccc(Oc3ccccc3)cc2)O1.CCC[C@H]1O[C@@H]2CC3C4CCC5=CC(=O)C=CC5(C)C4[C@@H](O)CC3(C)[C@]2(C(=O)COc2ccc3ccccc3c2)O1.Cn1ccc2ccc(CC(=O)OCC(=O)[C@@]3(O)CCC4C5CCC6=CC(=O)C=CC6(C)C5[C@@H](O)CC43C)cc21. The number of carbonyl (C=O) groups is 7. The molecule has 0 bridgehead atoms. The first-order valence-corrected chi connectivity index (χ1v) is 45.5. The number of aliphatic hydroxyl groups excluding tert-OH is 3. The molecule has 0 amide bonds. The number of rotatable bonds is 19. The number of aromatic nitrogens is 1. The number of carbonyl (C=O) groups excluding carboxylic acids is 7. The Morgan fingerprint density at radius 3 is 1.45 bits per heavy atom. The fourth-order valence-electron chi connectivity index (χ4n) is 27.7. The van der Waals surface area contributed by atoms with Gasteiger partial charge in [0.25, 0.3) is 0 Å². The highest BCUT2D eigenvalue weighted by molar-refractivity contribution is 6.03. The lowest BCUT2D eigenvalue weighted by Crippen LogP contribution is -2.63. The van der Waals surface area contributed by atoms with Gasteiger partial charge in [0.2, 0.25) is 17.3 Å². The zero-order chi connectivity index (χ0) is 87.0. The van der Waals surface area contributed by atoms with Gasteiger partial charge in [-0.1, -0.05) is 164 Å². The van der Waals surface area contributed by atoms with E-state index in [0.29, 0.717) is 55.8 Å². The quantitative estimate of drug-likeness (QED) is 0.0548. The third-order valence-corrected chi connectivity index (χ3v) is 33.5. The summed E-state index contributed by atoms with van der Waals surface area (Å²) in [5.74, 6) is 2.14. The Kier molecular flexibility index (Phi) is 22.3. The summed E-state index contributed by atoms with van der Waals surface area (Å²) < 4.78 is 52.1. The predicted molar refractivity (Wildman–Crippen MR) is 465 cm³/mol. The Morgan fingerprint density at radius 1 is 0.484 bits per heavy atom. The van der Waals surface area contributed by atoms with E-state index in [1.54, 1.807) is 48.6 Å². The molecule has 20 rings (SSSR count). The summed E-state index contributed by atoms with van der Waals surface area (Å²) in [6.45, 7) is 16.1. The fraction of sp³-hybridized carbons (Fsp3) is 0.529. The Labute approximate surface area is 725 Å². The number of nitrogens with zero attached hydrogens (tertiary/aromatic N) is 1. The molecule has 14 aliphatic rings. The Hall–Kier alpha value is -9.09. The number of ketones is 6. The van der Waals surface area contributed by atoms with E-state index in [0.717, 1.165) is 114 Å². The highest BCUT2D eigenvalue weighted by Crippen LogP contribution is 2.73. The zero-order valence-electron chi connectivity index (χ0n) is 72.8. The lowest BCUT2D eigenvalue weighted by atomic mass is 9.46. The number of aliphatic hydroxyl groups is 4. The molecule has 9 saturated carbocycles. The normalized spacial score (nSPS) is 38.9. The van der Waals surface area contributed by atoms with E-state index in [1.807, 2.05) is 146 Å². The molecular formula is C104H119NO19. The average Bonchev–Trinajstić information content (AvgIpc) is 1.51. The van der Waals surface area contributed by atoms with E-state index in [9.17, 15) is 54.0 Å². The summed E-state index contributed by atoms with van der Waals surface area (Å²) >= 11 is 0. The monoisotopic (exact) mass is 1690 g/mol. The molecule has 11 fully saturated rings. The number of esters is 1. The Balaban J connectivity index is 0.000000127. The van der Waals surface area contributed by atoms with Crippen molar-refractivity contribution in [3.63, 3.8) is 0 Å². The maximum atomic E-state index is 14.4. The van der Waals surface area contributed by atoms with Gasteiger partial charge in [-0.2, -0.15) is 0 Å². The number of hydrogen-bond acceptors (Lipinski definition) is 19. The van der Waals surface area contributed by atoms with E-state index in [4.69, 9.17) is 37.9 Å². The number of para-hydroxylation sites is 1. The van der Waals surface area contributed by atoms with E-state index >= 15 is 0 Å². The molecule has 4 N–H and O–H groups in total. The third kappa shape index (κ3) is 13.9. The van der Waals surface area contributed by atoms with Gasteiger partial charge < -0.3 is 62.9 Å². The summed E-state index contributed by atoms with van der Waals surface area (Å²) in [6, 6.07) is 38.6. The van der Waals surface area contributed by atoms with Crippen LogP contribution in [0.1, 0.15) is 170 Å². The van der Waals surface area contributed by atoms with Gasteiger partial charge in [0.1, 0.15) is 41.8 Å². The molecule has 20 nitrogen and oxygen atoms in total. The molecule has 0 spiro atoms. The van der Waals surface area contributed by atoms with Crippen molar-refractivity contribution in [2.24, 2.45) is 92.8 Å². The smallest absolute Gasteiger partial charge is 0.310 e. The molecule has 654 valence electrons. The maximum absolute atomic E-state index is 14.4. The van der Waals surface area contributed by atoms with Crippen molar-refractivity contribution >= 4 is 62.3 Å². The first-order chi connectivity index (χ1) is 59.3. The van der Waals surface area contributed by atoms with Crippen LogP contribution in [-0.4, -0.2) is 145 Å². The van der Waals surface area contributed by atoms with Crippen LogP contribution in [0.4, 0.5) is 0 Å². The van der Waals surface area contributed by atoms with Crippen LogP contribution in [0.15, 0.2) is 199 Å². The van der Waals surface area contributed by atoms with Gasteiger partial charge in [0.05, 0.1) is 36.9 Å². The van der Waals surface area contributed by atoms with Crippen LogP contribution in [0.25, 0.3) is 21.7 Å². The Bertz CT molecular complexity index is 5420. The number of fused-ring (bicyclic) bond motifs is 21. The molecule has 2 aliphatic heterocycles. The van der Waals surface area contributed by atoms with Gasteiger partial charge in [0.15, 0.2) is 47.7 Å². The minimum Gasteiger partial charge on any atom is -0.486 e. The molecule has 3 heterocycles. The number of Topliss-reactive ketones (excluding diaryl/α,β-unsaturated/α-hetero) is 3. The summed E-state index contributed by atoms with van der Waals surface area (Å²) in [5, 5.41) is 50.4. The highest BCUT2D eigenvalue weighted by Gasteiger charge is 2.78. The zero-order valence-corrected chi connectivity index (χ0v) is 72.8. The van der Waals surface area contributed by atoms with E-state index in [-0.39, 0.29) is 125 Å². The summed E-state index contributed by atoms with van der Waals surface area (Å²) in [7, 11) is 1.94. The molecule has 25 atom stereocenters. The van der Waals surface area contributed by atoms with Crippen LogP contribution < -0.4 is 14.2 Å². The van der Waals surface area contributed by atoms with Gasteiger partial charge in [-0.05, 0) is 251 Å². The van der Waals surface area contributed by atoms with Crippen molar-refractivity contribution in [1.29, 1.82) is 0 Å². The second kappa shape index (κ2) is 32.3. The molecule has 6 aromatic rings. The third-order valence-electron chi connectivity index (χ3n) is 33.5. The predicted octanol–water partition coefficient (Wildman–Crippen LogP) is 16.4. The van der Waals surface area contributed by atoms with Gasteiger partial charge in [0, 0.05) is 69.0 Å². The summed E-state index contributed by atoms with van der Waals surface area (Å²) in [5.41, 5.74) is -2.10. The van der Waals surface area contributed by atoms with Crippen molar-refractivity contribution < 1.29 is 91.9 Å². The lowest BCUT2D eigenvalue weighted by Gasteiger charge is -2.59. The highest BCUT2D eigenvalue weighted by atomic mass is 16.8. The number of hydrogen-bond donors (Lipinski definition) is 4. The molecule has 15 unspecified atom stereocenters. The van der Waals surface area contributed by atoms with Gasteiger partial charge >= 0.3 is 5.97 Å². The number of ether oxygens (including phenoxy) is 8. The van der Waals surface area contributed by atoms with Crippen LogP contribution >= 0.6 is 0 Å². The van der Waals surface area contributed by atoms with Crippen molar-refractivity contribution in [3.05, 3.63) is 204 Å². The van der Waals surface area contributed by atoms with Crippen LogP contribution in [-0.2, 0) is 70.7 Å². The number of allylic oxidation sites excluding steroid dienone is 12. The largest absolute Gasteiger partial charge is 0.486 e. The summed E-state index contributed by atoms with van der Waals surface area (Å²) in [4.78, 5) is 91.4. The van der Waals surface area contributed by atoms with Crippen LogP contribution in [0.5, 0.6) is 23.0 Å². The minimum atomic E-state index is -1.67. The van der Waals surface area contributed by atoms with Crippen LogP contribution in [0.2, 0.25) is 0 Å². The lowest BCUT2D eigenvalue weighted by molar-refractivity contribution is -0.200. The standard InChI is InChI=1S/C37H42O7.C35H40O6.C32H37NO6/c1-4-8-33-43-32-20-29-28-16-11-23-19-24(38)17-18-35(23,2)34(28)30(39)21-36(29,3)37(32,44-33)31(40)22-41-25-12-14-27(15-13-25)42-26-9-6-5-7-10-26;1-4-7-31-40-30-18-27-26-13-11-23-17-24(36)14-15-33(23,2)32(26)28(37)19-34(27,3)35(30,41-31)29(38)20-39-25-12-10-21-8-5-6-9-22(21)16-25;1-30-11-8-22(34)16-21(30)6-7-23-24-9-12-32(38,31(24,2)17-26(35)29(23)30)27(36)18-39-28(37)15-19-4-5-20-10-13-33(3)25(20)14-19/h5-7,9-10,12-15,17-19,28-30,32-34,39H,4,8,11,16,20-22H2,1-3H3;5-6,8-10,12,14-17,26-28,30-32,37H,4,7,11,13,18-20H2,1-3H3;4-5,8,10-11,13-14,16,23-24,26,29,35,38H,6-7,9,12,15,17-18H2,1-3H3/t28?,29?,30-,32+,33-,34?,35?,36?,37+;26?,27?,28-,30+,31-,32?,33?,34?,35+;23?,24?,26-,29?,30?,31?,32-/m000/s1. The topological polar surface area (TPSA) is 279 Å². The first kappa shape index (κ1) is 85.7. The van der Waals surface area contributed by atoms with Crippen molar-refractivity contribution in [1.82, 2.24) is 4.57 Å². The van der Waals surface area contributed by atoms with E-state index in [2.05, 4.69) is 54.5 Å². The average molecular weight is 1690 g/mol.